The Morgan fingerprint density at radius 3 is 2.44 bits per heavy atom. The average Bonchev–Trinajstić information content (AvgIpc) is 3.13. The summed E-state index contributed by atoms with van der Waals surface area (Å²) in [7, 11) is 0. The maximum Gasteiger partial charge on any atom is 0.255 e. The summed E-state index contributed by atoms with van der Waals surface area (Å²) in [5, 5.41) is 12.0. The first-order valence-electron chi connectivity index (χ1n) is 11.6. The number of fused-ring (bicyclic) bond motifs is 1. The molecule has 5 rings (SSSR count). The van der Waals surface area contributed by atoms with Crippen LogP contribution in [0.4, 0.5) is 8.78 Å². The summed E-state index contributed by atoms with van der Waals surface area (Å²) in [6, 6.07) is 7.87. The molecule has 2 fully saturated rings. The highest BCUT2D eigenvalue weighted by Gasteiger charge is 2.38. The molecule has 2 N–H and O–H groups in total. The molecule has 2 aromatic carbocycles. The number of piperidine rings is 2. The number of rotatable bonds is 4. The summed E-state index contributed by atoms with van der Waals surface area (Å²) in [6.45, 7) is 6.22. The number of amides is 2. The lowest BCUT2D eigenvalue weighted by molar-refractivity contribution is -0.126. The van der Waals surface area contributed by atoms with Crippen molar-refractivity contribution in [2.75, 3.05) is 13.1 Å². The molecule has 0 saturated carbocycles. The van der Waals surface area contributed by atoms with Crippen molar-refractivity contribution in [3.63, 3.8) is 0 Å². The minimum atomic E-state index is -0.942. The lowest BCUT2D eigenvalue weighted by Crippen LogP contribution is -2.49. The zero-order valence-electron chi connectivity index (χ0n) is 18.8. The van der Waals surface area contributed by atoms with Gasteiger partial charge in [-0.2, -0.15) is 0 Å². The van der Waals surface area contributed by atoms with Crippen LogP contribution in [0, 0.1) is 11.6 Å². The molecule has 0 spiro atoms. The fourth-order valence-electron chi connectivity index (χ4n) is 5.32. The third-order valence-electron chi connectivity index (χ3n) is 7.20. The molecule has 1 atom stereocenters. The molecule has 34 heavy (non-hydrogen) atoms. The van der Waals surface area contributed by atoms with Crippen molar-refractivity contribution in [3.8, 4) is 5.75 Å². The van der Waals surface area contributed by atoms with Crippen molar-refractivity contribution in [1.82, 2.24) is 15.1 Å². The first kappa shape index (κ1) is 22.5. The number of hydrogen-bond acceptors (Lipinski definition) is 4. The summed E-state index contributed by atoms with van der Waals surface area (Å²) >= 11 is 0. The van der Waals surface area contributed by atoms with E-state index in [0.29, 0.717) is 48.7 Å². The standard InChI is InChI=1S/C26H27F2N3O3/c1-15-2-5-23(25(33)29-15)31-14-19-12-18(3-4-20(19)26(31)34)17-6-8-30(9-7-17)13-16-10-21(27)24(32)22(28)11-16/h3-4,10-12,17,23,32H,1-2,5-9,13-14H2,(H,29,33). The van der Waals surface area contributed by atoms with Gasteiger partial charge in [0, 0.05) is 24.4 Å². The van der Waals surface area contributed by atoms with Gasteiger partial charge in [-0.05, 0) is 79.6 Å². The molecule has 0 radical (unpaired) electrons. The van der Waals surface area contributed by atoms with E-state index in [1.165, 1.54) is 17.7 Å². The molecule has 6 nitrogen and oxygen atoms in total. The molecule has 0 aliphatic carbocycles. The maximum atomic E-state index is 13.6. The Morgan fingerprint density at radius 2 is 1.76 bits per heavy atom. The Hall–Kier alpha value is -3.26. The number of phenolic OH excluding ortho intramolecular Hbond substituents is 1. The van der Waals surface area contributed by atoms with Gasteiger partial charge in [0.2, 0.25) is 5.91 Å². The highest BCUT2D eigenvalue weighted by molar-refractivity contribution is 6.01. The number of nitrogens with zero attached hydrogens (tertiary/aromatic N) is 2. The van der Waals surface area contributed by atoms with Crippen LogP contribution in [0.15, 0.2) is 42.6 Å². The van der Waals surface area contributed by atoms with E-state index in [-0.39, 0.29) is 11.8 Å². The van der Waals surface area contributed by atoms with Gasteiger partial charge in [0.05, 0.1) is 0 Å². The van der Waals surface area contributed by atoms with Crippen molar-refractivity contribution >= 4 is 11.8 Å². The minimum Gasteiger partial charge on any atom is -0.503 e. The van der Waals surface area contributed by atoms with Crippen molar-refractivity contribution < 1.29 is 23.5 Å². The van der Waals surface area contributed by atoms with E-state index in [0.717, 1.165) is 31.5 Å². The molecule has 178 valence electrons. The van der Waals surface area contributed by atoms with E-state index < -0.39 is 23.4 Å². The van der Waals surface area contributed by atoms with E-state index in [1.54, 1.807) is 4.90 Å². The van der Waals surface area contributed by atoms with Crippen molar-refractivity contribution in [1.29, 1.82) is 0 Å². The number of aromatic hydroxyl groups is 1. The van der Waals surface area contributed by atoms with E-state index in [9.17, 15) is 23.5 Å². The summed E-state index contributed by atoms with van der Waals surface area (Å²) in [5.41, 5.74) is 3.99. The lowest BCUT2D eigenvalue weighted by atomic mass is 9.87. The Morgan fingerprint density at radius 1 is 1.06 bits per heavy atom. The molecule has 8 heteroatoms. The molecular formula is C26H27F2N3O3. The van der Waals surface area contributed by atoms with Gasteiger partial charge < -0.3 is 15.3 Å². The molecule has 2 amide bonds. The minimum absolute atomic E-state index is 0.0996. The highest BCUT2D eigenvalue weighted by atomic mass is 19.1. The van der Waals surface area contributed by atoms with Gasteiger partial charge in [0.1, 0.15) is 6.04 Å². The highest BCUT2D eigenvalue weighted by Crippen LogP contribution is 2.34. The molecule has 2 aromatic rings. The number of benzene rings is 2. The van der Waals surface area contributed by atoms with Crippen LogP contribution < -0.4 is 5.32 Å². The van der Waals surface area contributed by atoms with Crippen molar-refractivity contribution in [2.24, 2.45) is 0 Å². The number of halogens is 2. The number of allylic oxidation sites excluding steroid dienone is 1. The van der Waals surface area contributed by atoms with Crippen molar-refractivity contribution in [2.45, 2.75) is 50.7 Å². The molecule has 0 aromatic heterocycles. The van der Waals surface area contributed by atoms with Crippen LogP contribution >= 0.6 is 0 Å². The third kappa shape index (κ3) is 4.18. The van der Waals surface area contributed by atoms with E-state index >= 15 is 0 Å². The number of carbonyl (C=O) groups excluding carboxylic acids is 2. The van der Waals surface area contributed by atoms with Crippen LogP contribution in [-0.2, 0) is 17.9 Å². The second kappa shape index (κ2) is 8.83. The second-order valence-electron chi connectivity index (χ2n) is 9.46. The van der Waals surface area contributed by atoms with Gasteiger partial charge in [0.25, 0.3) is 5.91 Å². The number of likely N-dealkylation sites (tertiary alicyclic amines) is 1. The van der Waals surface area contributed by atoms with E-state index in [4.69, 9.17) is 0 Å². The summed E-state index contributed by atoms with van der Waals surface area (Å²) < 4.78 is 27.3. The fourth-order valence-corrected chi connectivity index (χ4v) is 5.32. The van der Waals surface area contributed by atoms with E-state index in [2.05, 4.69) is 22.9 Å². The van der Waals surface area contributed by atoms with Gasteiger partial charge in [0.15, 0.2) is 17.4 Å². The van der Waals surface area contributed by atoms with Crippen LogP contribution in [0.1, 0.15) is 58.6 Å². The van der Waals surface area contributed by atoms with Crippen molar-refractivity contribution in [3.05, 3.63) is 76.5 Å². The number of hydrogen-bond donors (Lipinski definition) is 2. The fraction of sp³-hybridized carbons (Fsp3) is 0.385. The summed E-state index contributed by atoms with van der Waals surface area (Å²) in [4.78, 5) is 29.1. The molecule has 3 aliphatic heterocycles. The van der Waals surface area contributed by atoms with Gasteiger partial charge in [-0.15, -0.1) is 0 Å². The number of carbonyl (C=O) groups is 2. The Labute approximate surface area is 196 Å². The normalized spacial score (nSPS) is 21.6. The van der Waals surface area contributed by atoms with Gasteiger partial charge in [-0.25, -0.2) is 8.78 Å². The van der Waals surface area contributed by atoms with Gasteiger partial charge in [-0.1, -0.05) is 18.7 Å². The average molecular weight is 468 g/mol. The zero-order chi connectivity index (χ0) is 24.0. The van der Waals surface area contributed by atoms with Crippen LogP contribution in [0.2, 0.25) is 0 Å². The van der Waals surface area contributed by atoms with Crippen LogP contribution in [-0.4, -0.2) is 45.9 Å². The predicted octanol–water partition coefficient (Wildman–Crippen LogP) is 3.80. The van der Waals surface area contributed by atoms with E-state index in [1.807, 2.05) is 12.1 Å². The quantitative estimate of drug-likeness (QED) is 0.718. The summed E-state index contributed by atoms with van der Waals surface area (Å²) in [6.07, 6.45) is 3.05. The second-order valence-corrected chi connectivity index (χ2v) is 9.46. The van der Waals surface area contributed by atoms with Gasteiger partial charge >= 0.3 is 0 Å². The molecule has 3 aliphatic rings. The SMILES string of the molecule is C=C1CCC(N2Cc3cc(C4CCN(Cc5cc(F)c(O)c(F)c5)CC4)ccc3C2=O)C(=O)N1. The lowest BCUT2D eigenvalue weighted by Gasteiger charge is -2.32. The Kier molecular flexibility index (Phi) is 5.85. The maximum absolute atomic E-state index is 13.6. The van der Waals surface area contributed by atoms with Crippen LogP contribution in [0.5, 0.6) is 5.75 Å². The molecular weight excluding hydrogens is 440 g/mol. The number of phenols is 1. The smallest absolute Gasteiger partial charge is 0.255 e. The largest absolute Gasteiger partial charge is 0.503 e. The first-order chi connectivity index (χ1) is 16.3. The van der Waals surface area contributed by atoms with Crippen LogP contribution in [0.25, 0.3) is 0 Å². The molecule has 1 unspecified atom stereocenters. The first-order valence-corrected chi connectivity index (χ1v) is 11.6. The molecule has 0 bridgehead atoms. The Bertz CT molecular complexity index is 1150. The third-order valence-corrected chi connectivity index (χ3v) is 7.20. The topological polar surface area (TPSA) is 72.9 Å². The summed E-state index contributed by atoms with van der Waals surface area (Å²) in [5.74, 6) is -2.76. The molecule has 3 heterocycles. The van der Waals surface area contributed by atoms with Gasteiger partial charge in [-0.3, -0.25) is 14.5 Å². The predicted molar refractivity (Wildman–Crippen MR) is 122 cm³/mol. The van der Waals surface area contributed by atoms with Crippen LogP contribution in [0.3, 0.4) is 0 Å². The monoisotopic (exact) mass is 467 g/mol. The number of nitrogens with one attached hydrogen (secondary N) is 1. The molecule has 2 saturated heterocycles. The zero-order valence-corrected chi connectivity index (χ0v) is 18.8. The Balaban J connectivity index is 1.22.